The van der Waals surface area contributed by atoms with E-state index in [1.165, 1.54) is 5.56 Å². The molecule has 2 heterocycles. The summed E-state index contributed by atoms with van der Waals surface area (Å²) in [5, 5.41) is 0. The Labute approximate surface area is 149 Å². The summed E-state index contributed by atoms with van der Waals surface area (Å²) >= 11 is 0. The lowest BCUT2D eigenvalue weighted by molar-refractivity contribution is -0.143. The van der Waals surface area contributed by atoms with Crippen LogP contribution in [-0.2, 0) is 20.7 Å². The number of rotatable bonds is 5. The highest BCUT2D eigenvalue weighted by Crippen LogP contribution is 2.24. The molecule has 0 aliphatic carbocycles. The van der Waals surface area contributed by atoms with Gasteiger partial charge in [-0.25, -0.2) is 0 Å². The Hall–Kier alpha value is -1.88. The molecule has 1 aromatic carbocycles. The number of carbonyl (C=O) groups is 2. The van der Waals surface area contributed by atoms with E-state index in [9.17, 15) is 9.59 Å². The summed E-state index contributed by atoms with van der Waals surface area (Å²) in [5.41, 5.74) is 1.25. The van der Waals surface area contributed by atoms with Crippen molar-refractivity contribution in [2.24, 2.45) is 5.92 Å². The number of hydrogen-bond acceptors (Lipinski definition) is 3. The van der Waals surface area contributed by atoms with Crippen LogP contribution in [-0.4, -0.2) is 60.5 Å². The van der Waals surface area contributed by atoms with Crippen LogP contribution in [0.5, 0.6) is 0 Å². The first-order chi connectivity index (χ1) is 12.1. The zero-order valence-electron chi connectivity index (χ0n) is 15.0. The molecule has 0 radical (unpaired) electrons. The zero-order valence-corrected chi connectivity index (χ0v) is 15.0. The molecule has 2 amide bonds. The van der Waals surface area contributed by atoms with Crippen LogP contribution >= 0.6 is 0 Å². The predicted octanol–water partition coefficient (Wildman–Crippen LogP) is 2.11. The standard InChI is InChI=1S/C20H28N2O3/c1-16(23)22-12-9-19(25-15-20(24)21-10-5-6-11-21)18(14-22)13-17-7-3-2-4-8-17/h2-4,7-8,18-19H,5-6,9-15H2,1H3/t18-,19-/m0/s1. The lowest BCUT2D eigenvalue weighted by Crippen LogP contribution is -2.47. The highest BCUT2D eigenvalue weighted by molar-refractivity contribution is 5.77. The van der Waals surface area contributed by atoms with Crippen molar-refractivity contribution in [1.82, 2.24) is 9.80 Å². The average molecular weight is 344 g/mol. The molecule has 0 N–H and O–H groups in total. The van der Waals surface area contributed by atoms with Crippen molar-refractivity contribution >= 4 is 11.8 Å². The molecule has 0 aromatic heterocycles. The smallest absolute Gasteiger partial charge is 0.248 e. The number of nitrogens with zero attached hydrogens (tertiary/aromatic N) is 2. The molecule has 0 bridgehead atoms. The third-order valence-electron chi connectivity index (χ3n) is 5.33. The van der Waals surface area contributed by atoms with Gasteiger partial charge in [0, 0.05) is 39.0 Å². The molecule has 1 aromatic rings. The zero-order chi connectivity index (χ0) is 17.6. The topological polar surface area (TPSA) is 49.9 Å². The Morgan fingerprint density at radius 3 is 2.48 bits per heavy atom. The van der Waals surface area contributed by atoms with E-state index in [4.69, 9.17) is 4.74 Å². The van der Waals surface area contributed by atoms with Crippen LogP contribution in [0.3, 0.4) is 0 Å². The molecule has 136 valence electrons. The maximum absolute atomic E-state index is 12.3. The van der Waals surface area contributed by atoms with Crippen molar-refractivity contribution in [3.63, 3.8) is 0 Å². The van der Waals surface area contributed by atoms with E-state index < -0.39 is 0 Å². The molecule has 2 fully saturated rings. The minimum atomic E-state index is 0.0300. The molecule has 5 heteroatoms. The number of ether oxygens (including phenoxy) is 1. The van der Waals surface area contributed by atoms with Gasteiger partial charge in [0.1, 0.15) is 6.61 Å². The van der Waals surface area contributed by atoms with Crippen LogP contribution in [0, 0.1) is 5.92 Å². The Morgan fingerprint density at radius 2 is 1.80 bits per heavy atom. The second kappa shape index (κ2) is 8.48. The SMILES string of the molecule is CC(=O)N1CC[C@H](OCC(=O)N2CCCC2)[C@@H](Cc2ccccc2)C1. The maximum atomic E-state index is 12.3. The summed E-state index contributed by atoms with van der Waals surface area (Å²) < 4.78 is 6.04. The van der Waals surface area contributed by atoms with Crippen LogP contribution in [0.1, 0.15) is 31.7 Å². The van der Waals surface area contributed by atoms with Gasteiger partial charge in [-0.2, -0.15) is 0 Å². The van der Waals surface area contributed by atoms with E-state index in [1.807, 2.05) is 28.0 Å². The van der Waals surface area contributed by atoms with Gasteiger partial charge in [-0.3, -0.25) is 9.59 Å². The fourth-order valence-electron chi connectivity index (χ4n) is 3.87. The lowest BCUT2D eigenvalue weighted by Gasteiger charge is -2.38. The fourth-order valence-corrected chi connectivity index (χ4v) is 3.87. The Balaban J connectivity index is 1.60. The Bertz CT molecular complexity index is 584. The quantitative estimate of drug-likeness (QED) is 0.822. The third-order valence-corrected chi connectivity index (χ3v) is 5.33. The highest BCUT2D eigenvalue weighted by Gasteiger charge is 2.32. The molecular weight excluding hydrogens is 316 g/mol. The average Bonchev–Trinajstić information content (AvgIpc) is 3.16. The molecule has 2 aliphatic rings. The van der Waals surface area contributed by atoms with Gasteiger partial charge in [0.05, 0.1) is 6.10 Å². The van der Waals surface area contributed by atoms with Crippen LogP contribution in [0.4, 0.5) is 0 Å². The molecule has 2 aliphatic heterocycles. The van der Waals surface area contributed by atoms with Gasteiger partial charge >= 0.3 is 0 Å². The summed E-state index contributed by atoms with van der Waals surface area (Å²) in [6, 6.07) is 10.3. The maximum Gasteiger partial charge on any atom is 0.248 e. The molecule has 0 unspecified atom stereocenters. The first-order valence-electron chi connectivity index (χ1n) is 9.32. The van der Waals surface area contributed by atoms with Crippen LogP contribution in [0.25, 0.3) is 0 Å². The summed E-state index contributed by atoms with van der Waals surface area (Å²) in [5.74, 6) is 0.445. The number of amides is 2. The molecule has 2 saturated heterocycles. The Morgan fingerprint density at radius 1 is 1.08 bits per heavy atom. The van der Waals surface area contributed by atoms with Gasteiger partial charge in [-0.05, 0) is 31.2 Å². The number of carbonyl (C=O) groups excluding carboxylic acids is 2. The van der Waals surface area contributed by atoms with Gasteiger partial charge in [0.25, 0.3) is 0 Å². The first kappa shape index (κ1) is 17.9. The Kier molecular flexibility index (Phi) is 6.08. The summed E-state index contributed by atoms with van der Waals surface area (Å²) in [6.45, 7) is 4.92. The van der Waals surface area contributed by atoms with Crippen LogP contribution in [0.15, 0.2) is 30.3 Å². The van der Waals surface area contributed by atoms with Crippen molar-refractivity contribution in [3.8, 4) is 0 Å². The molecule has 3 rings (SSSR count). The summed E-state index contributed by atoms with van der Waals surface area (Å²) in [4.78, 5) is 27.8. The van der Waals surface area contributed by atoms with E-state index in [0.29, 0.717) is 13.1 Å². The van der Waals surface area contributed by atoms with Crippen molar-refractivity contribution in [2.45, 2.75) is 38.7 Å². The molecule has 25 heavy (non-hydrogen) atoms. The largest absolute Gasteiger partial charge is 0.368 e. The van der Waals surface area contributed by atoms with Gasteiger partial charge in [0.2, 0.25) is 11.8 Å². The van der Waals surface area contributed by atoms with Crippen molar-refractivity contribution < 1.29 is 14.3 Å². The van der Waals surface area contributed by atoms with Gasteiger partial charge in [0.15, 0.2) is 0 Å². The number of piperidine rings is 1. The molecule has 0 spiro atoms. The van der Waals surface area contributed by atoms with E-state index in [1.54, 1.807) is 6.92 Å². The highest BCUT2D eigenvalue weighted by atomic mass is 16.5. The summed E-state index contributed by atoms with van der Waals surface area (Å²) in [6.07, 6.45) is 3.89. The van der Waals surface area contributed by atoms with E-state index >= 15 is 0 Å². The number of benzene rings is 1. The minimum absolute atomic E-state index is 0.0300. The molecule has 2 atom stereocenters. The second-order valence-corrected chi connectivity index (χ2v) is 7.14. The normalized spacial score (nSPS) is 23.7. The van der Waals surface area contributed by atoms with Gasteiger partial charge < -0.3 is 14.5 Å². The first-order valence-corrected chi connectivity index (χ1v) is 9.32. The predicted molar refractivity (Wildman–Crippen MR) is 96.1 cm³/mol. The molecule has 0 saturated carbocycles. The van der Waals surface area contributed by atoms with E-state index in [0.717, 1.165) is 38.8 Å². The van der Waals surface area contributed by atoms with Crippen molar-refractivity contribution in [3.05, 3.63) is 35.9 Å². The van der Waals surface area contributed by atoms with Crippen LogP contribution < -0.4 is 0 Å². The van der Waals surface area contributed by atoms with E-state index in [-0.39, 0.29) is 30.4 Å². The van der Waals surface area contributed by atoms with Gasteiger partial charge in [-0.1, -0.05) is 30.3 Å². The van der Waals surface area contributed by atoms with E-state index in [2.05, 4.69) is 12.1 Å². The third kappa shape index (κ3) is 4.82. The minimum Gasteiger partial charge on any atom is -0.368 e. The fraction of sp³-hybridized carbons (Fsp3) is 0.600. The number of hydrogen-bond donors (Lipinski definition) is 0. The van der Waals surface area contributed by atoms with Crippen LogP contribution in [0.2, 0.25) is 0 Å². The monoisotopic (exact) mass is 344 g/mol. The van der Waals surface area contributed by atoms with Crippen molar-refractivity contribution in [1.29, 1.82) is 0 Å². The molecular formula is C20H28N2O3. The lowest BCUT2D eigenvalue weighted by atomic mass is 9.88. The molecule has 5 nitrogen and oxygen atoms in total. The van der Waals surface area contributed by atoms with Gasteiger partial charge in [-0.15, -0.1) is 0 Å². The summed E-state index contributed by atoms with van der Waals surface area (Å²) in [7, 11) is 0. The number of likely N-dealkylation sites (tertiary alicyclic amines) is 2. The second-order valence-electron chi connectivity index (χ2n) is 7.14. The van der Waals surface area contributed by atoms with Crippen molar-refractivity contribution in [2.75, 3.05) is 32.8 Å².